The Bertz CT molecular complexity index is 152. The highest BCUT2D eigenvalue weighted by atomic mass is 16.6. The molecule has 0 atom stereocenters. The van der Waals surface area contributed by atoms with Crippen LogP contribution in [0.3, 0.4) is 0 Å². The summed E-state index contributed by atoms with van der Waals surface area (Å²) in [6, 6.07) is 0. The van der Waals surface area contributed by atoms with Crippen molar-refractivity contribution in [3.8, 4) is 0 Å². The zero-order chi connectivity index (χ0) is 8.10. The first-order chi connectivity index (χ1) is 5.34. The summed E-state index contributed by atoms with van der Waals surface area (Å²) in [7, 11) is 0. The van der Waals surface area contributed by atoms with Crippen LogP contribution in [0, 0.1) is 0 Å². The van der Waals surface area contributed by atoms with E-state index in [-0.39, 0.29) is 6.47 Å². The van der Waals surface area contributed by atoms with Gasteiger partial charge in [-0.15, -0.1) is 0 Å². The third-order valence-electron chi connectivity index (χ3n) is 1.76. The summed E-state index contributed by atoms with van der Waals surface area (Å²) in [6.07, 6.45) is 2.66. The standard InChI is InChI=1S/C7H11NO3/c9-6-11-7(10)8-4-2-1-3-5-8/h6H,1-5H2. The molecule has 0 aliphatic carbocycles. The first-order valence-electron chi connectivity index (χ1n) is 3.74. The van der Waals surface area contributed by atoms with E-state index < -0.39 is 6.09 Å². The van der Waals surface area contributed by atoms with Gasteiger partial charge < -0.3 is 9.64 Å². The highest BCUT2D eigenvalue weighted by Gasteiger charge is 2.16. The van der Waals surface area contributed by atoms with Crippen LogP contribution in [0.25, 0.3) is 0 Å². The lowest BCUT2D eigenvalue weighted by molar-refractivity contribution is -0.124. The van der Waals surface area contributed by atoms with Crippen LogP contribution in [0.2, 0.25) is 0 Å². The predicted molar refractivity (Wildman–Crippen MR) is 38.0 cm³/mol. The predicted octanol–water partition coefficient (Wildman–Crippen LogP) is 0.765. The lowest BCUT2D eigenvalue weighted by Crippen LogP contribution is -2.35. The highest BCUT2D eigenvalue weighted by molar-refractivity contribution is 5.74. The molecule has 0 N–H and O–H groups in total. The fraction of sp³-hybridized carbons (Fsp3) is 0.714. The molecule has 62 valence electrons. The first-order valence-corrected chi connectivity index (χ1v) is 3.74. The van der Waals surface area contributed by atoms with Crippen LogP contribution in [0.5, 0.6) is 0 Å². The van der Waals surface area contributed by atoms with Gasteiger partial charge in [-0.2, -0.15) is 0 Å². The second-order valence-corrected chi connectivity index (χ2v) is 2.53. The van der Waals surface area contributed by atoms with Crippen molar-refractivity contribution < 1.29 is 14.3 Å². The van der Waals surface area contributed by atoms with Crippen molar-refractivity contribution in [2.24, 2.45) is 0 Å². The zero-order valence-electron chi connectivity index (χ0n) is 6.28. The van der Waals surface area contributed by atoms with E-state index in [9.17, 15) is 9.59 Å². The maximum atomic E-state index is 10.9. The molecule has 1 amide bonds. The Labute approximate surface area is 65.1 Å². The van der Waals surface area contributed by atoms with E-state index in [1.807, 2.05) is 0 Å². The van der Waals surface area contributed by atoms with E-state index in [1.165, 1.54) is 0 Å². The van der Waals surface area contributed by atoms with E-state index in [2.05, 4.69) is 4.74 Å². The molecule has 0 aromatic rings. The second kappa shape index (κ2) is 3.95. The van der Waals surface area contributed by atoms with Crippen LogP contribution in [-0.4, -0.2) is 30.6 Å². The Morgan fingerprint density at radius 3 is 2.45 bits per heavy atom. The van der Waals surface area contributed by atoms with Crippen molar-refractivity contribution in [3.63, 3.8) is 0 Å². The Morgan fingerprint density at radius 2 is 1.91 bits per heavy atom. The smallest absolute Gasteiger partial charge is 0.379 e. The van der Waals surface area contributed by atoms with Gasteiger partial charge >= 0.3 is 12.6 Å². The van der Waals surface area contributed by atoms with Crippen molar-refractivity contribution in [2.75, 3.05) is 13.1 Å². The molecule has 1 aliphatic rings. The van der Waals surface area contributed by atoms with Gasteiger partial charge in [0.1, 0.15) is 0 Å². The normalized spacial score (nSPS) is 17.6. The number of carbonyl (C=O) groups excluding carboxylic acids is 2. The van der Waals surface area contributed by atoms with E-state index in [1.54, 1.807) is 4.90 Å². The van der Waals surface area contributed by atoms with Crippen molar-refractivity contribution in [1.29, 1.82) is 0 Å². The van der Waals surface area contributed by atoms with E-state index in [4.69, 9.17) is 0 Å². The van der Waals surface area contributed by atoms with Crippen LogP contribution >= 0.6 is 0 Å². The second-order valence-electron chi connectivity index (χ2n) is 2.53. The molecule has 0 radical (unpaired) electrons. The summed E-state index contributed by atoms with van der Waals surface area (Å²) < 4.78 is 4.19. The molecule has 1 rings (SSSR count). The summed E-state index contributed by atoms with van der Waals surface area (Å²) in [5.74, 6) is 0. The minimum atomic E-state index is -0.514. The fourth-order valence-electron chi connectivity index (χ4n) is 1.19. The Morgan fingerprint density at radius 1 is 1.27 bits per heavy atom. The van der Waals surface area contributed by atoms with Gasteiger partial charge in [0.15, 0.2) is 0 Å². The minimum Gasteiger partial charge on any atom is -0.379 e. The summed E-state index contributed by atoms with van der Waals surface area (Å²) in [5, 5.41) is 0. The van der Waals surface area contributed by atoms with E-state index in [0.29, 0.717) is 13.1 Å². The first kappa shape index (κ1) is 8.04. The fourth-order valence-corrected chi connectivity index (χ4v) is 1.19. The lowest BCUT2D eigenvalue weighted by Gasteiger charge is -2.24. The van der Waals surface area contributed by atoms with Gasteiger partial charge in [-0.3, -0.25) is 4.79 Å². The molecule has 1 saturated heterocycles. The molecule has 0 bridgehead atoms. The van der Waals surface area contributed by atoms with Gasteiger partial charge in [0, 0.05) is 13.1 Å². The monoisotopic (exact) mass is 157 g/mol. The Balaban J connectivity index is 2.32. The van der Waals surface area contributed by atoms with Gasteiger partial charge in [0.05, 0.1) is 0 Å². The zero-order valence-corrected chi connectivity index (χ0v) is 6.28. The number of likely N-dealkylation sites (tertiary alicyclic amines) is 1. The van der Waals surface area contributed by atoms with Crippen LogP contribution in [-0.2, 0) is 9.53 Å². The van der Waals surface area contributed by atoms with Gasteiger partial charge in [-0.25, -0.2) is 4.79 Å². The summed E-state index contributed by atoms with van der Waals surface area (Å²) >= 11 is 0. The van der Waals surface area contributed by atoms with Gasteiger partial charge in [0.2, 0.25) is 0 Å². The van der Waals surface area contributed by atoms with Gasteiger partial charge in [-0.1, -0.05) is 0 Å². The average molecular weight is 157 g/mol. The SMILES string of the molecule is O=COC(=O)N1CCCCC1. The van der Waals surface area contributed by atoms with Crippen LogP contribution in [0.4, 0.5) is 4.79 Å². The number of hydrogen-bond acceptors (Lipinski definition) is 3. The molecule has 4 nitrogen and oxygen atoms in total. The number of ether oxygens (including phenoxy) is 1. The Hall–Kier alpha value is -1.06. The number of piperidine rings is 1. The molecule has 4 heteroatoms. The highest BCUT2D eigenvalue weighted by Crippen LogP contribution is 2.08. The lowest BCUT2D eigenvalue weighted by atomic mass is 10.1. The van der Waals surface area contributed by atoms with Crippen molar-refractivity contribution in [3.05, 3.63) is 0 Å². The third-order valence-corrected chi connectivity index (χ3v) is 1.76. The summed E-state index contributed by atoms with van der Waals surface area (Å²) in [6.45, 7) is 1.61. The number of rotatable bonds is 1. The largest absolute Gasteiger partial charge is 0.417 e. The number of hydrogen-bond donors (Lipinski definition) is 0. The van der Waals surface area contributed by atoms with Crippen molar-refractivity contribution >= 4 is 12.6 Å². The number of carbonyl (C=O) groups is 2. The molecule has 11 heavy (non-hydrogen) atoms. The van der Waals surface area contributed by atoms with Crippen LogP contribution < -0.4 is 0 Å². The maximum Gasteiger partial charge on any atom is 0.417 e. The quantitative estimate of drug-likeness (QED) is 0.417. The molecular formula is C7H11NO3. The molecule has 0 aromatic carbocycles. The Kier molecular flexibility index (Phi) is 2.89. The number of nitrogens with zero attached hydrogens (tertiary/aromatic N) is 1. The molecule has 1 fully saturated rings. The van der Waals surface area contributed by atoms with Gasteiger partial charge in [-0.05, 0) is 19.3 Å². The molecule has 1 heterocycles. The van der Waals surface area contributed by atoms with E-state index >= 15 is 0 Å². The molecule has 1 aliphatic heterocycles. The average Bonchev–Trinajstić information content (AvgIpc) is 2.07. The molecule has 0 spiro atoms. The molecular weight excluding hydrogens is 146 g/mol. The minimum absolute atomic E-state index is 0.178. The summed E-state index contributed by atoms with van der Waals surface area (Å²) in [4.78, 5) is 22.2. The third kappa shape index (κ3) is 2.22. The maximum absolute atomic E-state index is 10.9. The number of amides is 1. The van der Waals surface area contributed by atoms with Crippen molar-refractivity contribution in [2.45, 2.75) is 19.3 Å². The summed E-state index contributed by atoms with van der Waals surface area (Å²) in [5.41, 5.74) is 0. The van der Waals surface area contributed by atoms with Crippen molar-refractivity contribution in [1.82, 2.24) is 4.90 Å². The molecule has 0 saturated carbocycles. The van der Waals surface area contributed by atoms with Crippen LogP contribution in [0.15, 0.2) is 0 Å². The van der Waals surface area contributed by atoms with E-state index in [0.717, 1.165) is 19.3 Å². The molecule has 0 unspecified atom stereocenters. The topological polar surface area (TPSA) is 46.6 Å². The molecule has 0 aromatic heterocycles. The van der Waals surface area contributed by atoms with Crippen LogP contribution in [0.1, 0.15) is 19.3 Å². The van der Waals surface area contributed by atoms with Gasteiger partial charge in [0.25, 0.3) is 0 Å².